The molecule has 1 aromatic carbocycles. The number of hydrogen-bond acceptors (Lipinski definition) is 2. The van der Waals surface area contributed by atoms with Gasteiger partial charge in [0.2, 0.25) is 0 Å². The topological polar surface area (TPSA) is 15.3 Å². The molecule has 0 spiro atoms. The van der Waals surface area contributed by atoms with Crippen molar-refractivity contribution in [1.82, 2.24) is 10.2 Å². The third-order valence-electron chi connectivity index (χ3n) is 3.87. The molecule has 0 saturated carbocycles. The molecule has 1 aromatic rings. The average molecular weight is 262 g/mol. The molecule has 0 aliphatic heterocycles. The van der Waals surface area contributed by atoms with Crippen LogP contribution in [0.15, 0.2) is 30.3 Å². The molecular formula is C17H30N2. The Labute approximate surface area is 119 Å². The Morgan fingerprint density at radius 3 is 2.26 bits per heavy atom. The van der Waals surface area contributed by atoms with Gasteiger partial charge in [0.15, 0.2) is 0 Å². The van der Waals surface area contributed by atoms with Crippen LogP contribution in [-0.4, -0.2) is 31.6 Å². The van der Waals surface area contributed by atoms with Crippen LogP contribution in [0.4, 0.5) is 0 Å². The molecule has 2 nitrogen and oxygen atoms in total. The standard InChI is InChI=1S/C17H30N2/c1-6-7-13-19(5)17(14(2)3)16(18-4)15-11-9-8-10-12-15/h8-12,14,16-18H,6-7,13H2,1-5H3. The van der Waals surface area contributed by atoms with E-state index in [2.05, 4.69) is 75.4 Å². The summed E-state index contributed by atoms with van der Waals surface area (Å²) in [6, 6.07) is 11.7. The molecule has 0 aromatic heterocycles. The van der Waals surface area contributed by atoms with Crippen molar-refractivity contribution in [2.45, 2.75) is 45.7 Å². The number of nitrogens with one attached hydrogen (secondary N) is 1. The Bertz CT molecular complexity index is 334. The average Bonchev–Trinajstić information content (AvgIpc) is 2.42. The second-order valence-corrected chi connectivity index (χ2v) is 5.75. The Hall–Kier alpha value is -0.860. The molecule has 0 amide bonds. The van der Waals surface area contributed by atoms with Gasteiger partial charge in [-0.3, -0.25) is 0 Å². The fourth-order valence-corrected chi connectivity index (χ4v) is 2.90. The Morgan fingerprint density at radius 2 is 1.79 bits per heavy atom. The Kier molecular flexibility index (Phi) is 7.11. The van der Waals surface area contributed by atoms with Crippen molar-refractivity contribution in [1.29, 1.82) is 0 Å². The van der Waals surface area contributed by atoms with Gasteiger partial charge in [-0.05, 0) is 38.5 Å². The van der Waals surface area contributed by atoms with Crippen LogP contribution in [0.5, 0.6) is 0 Å². The van der Waals surface area contributed by atoms with E-state index in [0.29, 0.717) is 18.0 Å². The molecule has 108 valence electrons. The zero-order valence-electron chi connectivity index (χ0n) is 13.2. The van der Waals surface area contributed by atoms with Crippen molar-refractivity contribution in [3.05, 3.63) is 35.9 Å². The second-order valence-electron chi connectivity index (χ2n) is 5.75. The maximum absolute atomic E-state index is 3.52. The molecular weight excluding hydrogens is 232 g/mol. The van der Waals surface area contributed by atoms with E-state index in [4.69, 9.17) is 0 Å². The maximum Gasteiger partial charge on any atom is 0.0478 e. The minimum Gasteiger partial charge on any atom is -0.312 e. The number of nitrogens with zero attached hydrogens (tertiary/aromatic N) is 1. The summed E-state index contributed by atoms with van der Waals surface area (Å²) in [5.41, 5.74) is 1.38. The second kappa shape index (κ2) is 8.34. The first-order valence-corrected chi connectivity index (χ1v) is 7.54. The van der Waals surface area contributed by atoms with Crippen molar-refractivity contribution in [3.63, 3.8) is 0 Å². The highest BCUT2D eigenvalue weighted by atomic mass is 15.2. The Morgan fingerprint density at radius 1 is 1.16 bits per heavy atom. The normalized spacial score (nSPS) is 14.9. The smallest absolute Gasteiger partial charge is 0.0478 e. The van der Waals surface area contributed by atoms with E-state index in [0.717, 1.165) is 0 Å². The number of unbranched alkanes of at least 4 members (excludes halogenated alkanes) is 1. The number of likely N-dealkylation sites (N-methyl/N-ethyl adjacent to an activating group) is 2. The van der Waals surface area contributed by atoms with Crippen molar-refractivity contribution in [2.24, 2.45) is 5.92 Å². The SMILES string of the molecule is CCCCN(C)C(C(C)C)C(NC)c1ccccc1. The van der Waals surface area contributed by atoms with Gasteiger partial charge in [-0.15, -0.1) is 0 Å². The predicted molar refractivity (Wildman–Crippen MR) is 84.4 cm³/mol. The molecule has 0 heterocycles. The number of rotatable bonds is 8. The zero-order valence-corrected chi connectivity index (χ0v) is 13.2. The fraction of sp³-hybridized carbons (Fsp3) is 0.647. The molecule has 19 heavy (non-hydrogen) atoms. The molecule has 0 bridgehead atoms. The van der Waals surface area contributed by atoms with Gasteiger partial charge in [-0.2, -0.15) is 0 Å². The van der Waals surface area contributed by atoms with Crippen molar-refractivity contribution in [2.75, 3.05) is 20.6 Å². The van der Waals surface area contributed by atoms with Crippen LogP contribution in [0.25, 0.3) is 0 Å². The monoisotopic (exact) mass is 262 g/mol. The lowest BCUT2D eigenvalue weighted by Crippen LogP contribution is -2.45. The fourth-order valence-electron chi connectivity index (χ4n) is 2.90. The van der Waals surface area contributed by atoms with Gasteiger partial charge in [-0.1, -0.05) is 57.5 Å². The van der Waals surface area contributed by atoms with Crippen LogP contribution < -0.4 is 5.32 Å². The zero-order chi connectivity index (χ0) is 14.3. The van der Waals surface area contributed by atoms with E-state index in [9.17, 15) is 0 Å². The van der Waals surface area contributed by atoms with Gasteiger partial charge in [0.1, 0.15) is 0 Å². The molecule has 0 saturated heterocycles. The lowest BCUT2D eigenvalue weighted by molar-refractivity contribution is 0.148. The molecule has 0 aliphatic carbocycles. The van der Waals surface area contributed by atoms with Gasteiger partial charge in [0.25, 0.3) is 0 Å². The highest BCUT2D eigenvalue weighted by Crippen LogP contribution is 2.25. The maximum atomic E-state index is 3.52. The van der Waals surface area contributed by atoms with Gasteiger partial charge in [-0.25, -0.2) is 0 Å². The first-order valence-electron chi connectivity index (χ1n) is 7.54. The van der Waals surface area contributed by atoms with Crippen LogP contribution in [0.3, 0.4) is 0 Å². The van der Waals surface area contributed by atoms with Crippen LogP contribution >= 0.6 is 0 Å². The summed E-state index contributed by atoms with van der Waals surface area (Å²) >= 11 is 0. The molecule has 2 heteroatoms. The quantitative estimate of drug-likeness (QED) is 0.768. The first kappa shape index (κ1) is 16.2. The molecule has 2 unspecified atom stereocenters. The van der Waals surface area contributed by atoms with E-state index < -0.39 is 0 Å². The minimum atomic E-state index is 0.392. The van der Waals surface area contributed by atoms with E-state index in [1.54, 1.807) is 0 Å². The molecule has 2 atom stereocenters. The van der Waals surface area contributed by atoms with E-state index in [-0.39, 0.29) is 0 Å². The van der Waals surface area contributed by atoms with Crippen LogP contribution in [-0.2, 0) is 0 Å². The Balaban J connectivity index is 2.89. The number of hydrogen-bond donors (Lipinski definition) is 1. The highest BCUT2D eigenvalue weighted by molar-refractivity contribution is 5.21. The summed E-state index contributed by atoms with van der Waals surface area (Å²) in [5.74, 6) is 0.625. The van der Waals surface area contributed by atoms with Crippen molar-refractivity contribution >= 4 is 0 Å². The molecule has 0 fully saturated rings. The van der Waals surface area contributed by atoms with Crippen LogP contribution in [0.2, 0.25) is 0 Å². The summed E-state index contributed by atoms with van der Waals surface area (Å²) in [6.45, 7) is 8.07. The minimum absolute atomic E-state index is 0.392. The molecule has 1 rings (SSSR count). The number of benzene rings is 1. The van der Waals surface area contributed by atoms with Gasteiger partial charge in [0.05, 0.1) is 0 Å². The van der Waals surface area contributed by atoms with Gasteiger partial charge < -0.3 is 10.2 Å². The lowest BCUT2D eigenvalue weighted by Gasteiger charge is -2.37. The van der Waals surface area contributed by atoms with E-state index in [1.165, 1.54) is 24.9 Å². The van der Waals surface area contributed by atoms with Gasteiger partial charge in [0, 0.05) is 12.1 Å². The van der Waals surface area contributed by atoms with Gasteiger partial charge >= 0.3 is 0 Å². The van der Waals surface area contributed by atoms with Crippen LogP contribution in [0.1, 0.15) is 45.2 Å². The first-order chi connectivity index (χ1) is 9.11. The summed E-state index contributed by atoms with van der Waals surface area (Å²) in [5, 5.41) is 3.52. The van der Waals surface area contributed by atoms with Crippen molar-refractivity contribution in [3.8, 4) is 0 Å². The summed E-state index contributed by atoms with van der Waals surface area (Å²) in [4.78, 5) is 2.52. The lowest BCUT2D eigenvalue weighted by atomic mass is 9.90. The third-order valence-corrected chi connectivity index (χ3v) is 3.87. The summed E-state index contributed by atoms with van der Waals surface area (Å²) in [7, 11) is 4.33. The predicted octanol–water partition coefficient (Wildman–Crippen LogP) is 3.70. The van der Waals surface area contributed by atoms with Crippen molar-refractivity contribution < 1.29 is 0 Å². The van der Waals surface area contributed by atoms with Crippen LogP contribution in [0, 0.1) is 5.92 Å². The molecule has 1 N–H and O–H groups in total. The van der Waals surface area contributed by atoms with E-state index >= 15 is 0 Å². The largest absolute Gasteiger partial charge is 0.312 e. The summed E-state index contributed by atoms with van der Waals surface area (Å²) in [6.07, 6.45) is 2.52. The molecule has 0 aliphatic rings. The third kappa shape index (κ3) is 4.63. The summed E-state index contributed by atoms with van der Waals surface area (Å²) < 4.78 is 0. The van der Waals surface area contributed by atoms with E-state index in [1.807, 2.05) is 0 Å². The molecule has 0 radical (unpaired) electrons. The highest BCUT2D eigenvalue weighted by Gasteiger charge is 2.27.